The van der Waals surface area contributed by atoms with Gasteiger partial charge in [-0.3, -0.25) is 4.79 Å². The highest BCUT2D eigenvalue weighted by Crippen LogP contribution is 2.34. The van der Waals surface area contributed by atoms with E-state index in [1.807, 2.05) is 0 Å². The third-order valence-corrected chi connectivity index (χ3v) is 3.60. The fraction of sp³-hybridized carbons (Fsp3) is 0.222. The number of carbonyl (C=O) groups is 2. The highest BCUT2D eigenvalue weighted by atomic mass is 16.7. The number of rotatable bonds is 5. The summed E-state index contributed by atoms with van der Waals surface area (Å²) in [6.07, 6.45) is -0.727. The van der Waals surface area contributed by atoms with E-state index in [1.54, 1.807) is 49.4 Å². The normalized spacial score (nSPS) is 13.0. The Morgan fingerprint density at radius 3 is 2.52 bits per heavy atom. The first-order chi connectivity index (χ1) is 12.1. The molecular formula is C18H17NO6. The van der Waals surface area contributed by atoms with Gasteiger partial charge in [-0.05, 0) is 43.3 Å². The van der Waals surface area contributed by atoms with Gasteiger partial charge in [-0.25, -0.2) is 4.79 Å². The van der Waals surface area contributed by atoms with Crippen molar-refractivity contribution in [2.45, 2.75) is 13.0 Å². The predicted molar refractivity (Wildman–Crippen MR) is 89.1 cm³/mol. The van der Waals surface area contributed by atoms with Crippen molar-refractivity contribution in [1.82, 2.24) is 0 Å². The Morgan fingerprint density at radius 1 is 1.08 bits per heavy atom. The summed E-state index contributed by atoms with van der Waals surface area (Å²) in [6, 6.07) is 11.5. The maximum Gasteiger partial charge on any atom is 0.337 e. The summed E-state index contributed by atoms with van der Waals surface area (Å²) in [6.45, 7) is 1.81. The average molecular weight is 343 g/mol. The summed E-state index contributed by atoms with van der Waals surface area (Å²) in [4.78, 5) is 23.6. The second-order valence-corrected chi connectivity index (χ2v) is 5.33. The first-order valence-electron chi connectivity index (χ1n) is 7.62. The van der Waals surface area contributed by atoms with Crippen LogP contribution in [0.4, 0.5) is 5.69 Å². The van der Waals surface area contributed by atoms with Crippen molar-refractivity contribution in [2.75, 3.05) is 19.2 Å². The number of carbonyl (C=O) groups excluding carboxylic acids is 2. The molecule has 0 bridgehead atoms. The molecule has 0 saturated heterocycles. The number of fused-ring (bicyclic) bond motifs is 1. The largest absolute Gasteiger partial charge is 0.481 e. The number of hydrogen-bond donors (Lipinski definition) is 1. The molecule has 1 atom stereocenters. The second kappa shape index (κ2) is 7.12. The van der Waals surface area contributed by atoms with Crippen molar-refractivity contribution in [2.24, 2.45) is 0 Å². The van der Waals surface area contributed by atoms with Gasteiger partial charge < -0.3 is 24.3 Å². The van der Waals surface area contributed by atoms with Crippen LogP contribution < -0.4 is 19.5 Å². The monoisotopic (exact) mass is 343 g/mol. The summed E-state index contributed by atoms with van der Waals surface area (Å²) >= 11 is 0. The minimum Gasteiger partial charge on any atom is -0.481 e. The first kappa shape index (κ1) is 16.6. The molecule has 130 valence electrons. The van der Waals surface area contributed by atoms with Crippen molar-refractivity contribution in [1.29, 1.82) is 0 Å². The molecule has 1 amide bonds. The Bertz CT molecular complexity index is 787. The predicted octanol–water partition coefficient (Wildman–Crippen LogP) is 2.61. The third-order valence-electron chi connectivity index (χ3n) is 3.60. The fourth-order valence-electron chi connectivity index (χ4n) is 2.26. The van der Waals surface area contributed by atoms with Crippen LogP contribution in [0, 0.1) is 0 Å². The summed E-state index contributed by atoms with van der Waals surface area (Å²) in [5.74, 6) is 0.967. The topological polar surface area (TPSA) is 83.1 Å². The van der Waals surface area contributed by atoms with E-state index in [0.717, 1.165) is 0 Å². The molecule has 2 aromatic rings. The molecule has 1 aliphatic heterocycles. The van der Waals surface area contributed by atoms with Crippen molar-refractivity contribution in [3.63, 3.8) is 0 Å². The average Bonchev–Trinajstić information content (AvgIpc) is 3.09. The zero-order chi connectivity index (χ0) is 17.8. The van der Waals surface area contributed by atoms with Crippen molar-refractivity contribution in [3.8, 4) is 17.2 Å². The van der Waals surface area contributed by atoms with Crippen LogP contribution >= 0.6 is 0 Å². The lowest BCUT2D eigenvalue weighted by molar-refractivity contribution is -0.122. The van der Waals surface area contributed by atoms with Gasteiger partial charge in [-0.2, -0.15) is 0 Å². The van der Waals surface area contributed by atoms with Gasteiger partial charge >= 0.3 is 5.97 Å². The molecule has 7 heteroatoms. The minimum atomic E-state index is -0.727. The molecule has 0 radical (unpaired) electrons. The third kappa shape index (κ3) is 3.82. The quantitative estimate of drug-likeness (QED) is 0.840. The van der Waals surface area contributed by atoms with Crippen LogP contribution in [0.25, 0.3) is 0 Å². The van der Waals surface area contributed by atoms with Gasteiger partial charge in [0.25, 0.3) is 5.91 Å². The van der Waals surface area contributed by atoms with Crippen molar-refractivity contribution >= 4 is 17.6 Å². The summed E-state index contributed by atoms with van der Waals surface area (Å²) in [5.41, 5.74) is 0.998. The smallest absolute Gasteiger partial charge is 0.337 e. The van der Waals surface area contributed by atoms with Crippen LogP contribution in [-0.2, 0) is 9.53 Å². The lowest BCUT2D eigenvalue weighted by Gasteiger charge is -2.15. The molecule has 7 nitrogen and oxygen atoms in total. The Kier molecular flexibility index (Phi) is 4.74. The number of nitrogens with one attached hydrogen (secondary N) is 1. The lowest BCUT2D eigenvalue weighted by atomic mass is 10.2. The molecule has 0 fully saturated rings. The highest BCUT2D eigenvalue weighted by molar-refractivity contribution is 5.94. The van der Waals surface area contributed by atoms with Crippen molar-refractivity contribution < 1.29 is 28.5 Å². The van der Waals surface area contributed by atoms with E-state index in [4.69, 9.17) is 14.2 Å². The van der Waals surface area contributed by atoms with Gasteiger partial charge in [-0.15, -0.1) is 0 Å². The molecule has 3 rings (SSSR count). The summed E-state index contributed by atoms with van der Waals surface area (Å²) in [5, 5.41) is 2.76. The van der Waals surface area contributed by atoms with E-state index < -0.39 is 12.1 Å². The molecule has 1 N–H and O–H groups in total. The Labute approximate surface area is 144 Å². The van der Waals surface area contributed by atoms with Gasteiger partial charge in [0.2, 0.25) is 6.79 Å². The maximum absolute atomic E-state index is 12.3. The SMILES string of the molecule is COC(=O)c1ccc(O[C@@H](C)C(=O)Nc2ccc3c(c2)OCO3)cc1. The summed E-state index contributed by atoms with van der Waals surface area (Å²) in [7, 11) is 1.31. The van der Waals surface area contributed by atoms with Gasteiger partial charge in [-0.1, -0.05) is 0 Å². The molecule has 1 aliphatic rings. The zero-order valence-corrected chi connectivity index (χ0v) is 13.8. The zero-order valence-electron chi connectivity index (χ0n) is 13.8. The molecule has 0 spiro atoms. The van der Waals surface area contributed by atoms with E-state index in [2.05, 4.69) is 10.1 Å². The number of methoxy groups -OCH3 is 1. The molecule has 0 aliphatic carbocycles. The standard InChI is InChI=1S/C18H17NO6/c1-11(25-14-6-3-12(4-7-14)18(21)22-2)17(20)19-13-5-8-15-16(9-13)24-10-23-15/h3-9,11H,10H2,1-2H3,(H,19,20)/t11-/m0/s1. The van der Waals surface area contributed by atoms with Crippen LogP contribution in [0.1, 0.15) is 17.3 Å². The number of ether oxygens (including phenoxy) is 4. The summed E-state index contributed by atoms with van der Waals surface area (Å²) < 4.78 is 20.7. The van der Waals surface area contributed by atoms with E-state index in [1.165, 1.54) is 7.11 Å². The second-order valence-electron chi connectivity index (χ2n) is 5.33. The Balaban J connectivity index is 1.60. The number of esters is 1. The van der Waals surface area contributed by atoms with Crippen LogP contribution in [0.3, 0.4) is 0 Å². The first-order valence-corrected chi connectivity index (χ1v) is 7.62. The molecule has 0 saturated carbocycles. The number of anilines is 1. The van der Waals surface area contributed by atoms with Gasteiger partial charge in [0, 0.05) is 11.8 Å². The van der Waals surface area contributed by atoms with Crippen LogP contribution in [0.5, 0.6) is 17.2 Å². The molecular weight excluding hydrogens is 326 g/mol. The molecule has 0 unspecified atom stereocenters. The Morgan fingerprint density at radius 2 is 1.80 bits per heavy atom. The fourth-order valence-corrected chi connectivity index (χ4v) is 2.26. The molecule has 0 aromatic heterocycles. The number of benzene rings is 2. The maximum atomic E-state index is 12.3. The van der Waals surface area contributed by atoms with Crippen molar-refractivity contribution in [3.05, 3.63) is 48.0 Å². The van der Waals surface area contributed by atoms with Crippen LogP contribution in [0.2, 0.25) is 0 Å². The number of amides is 1. The lowest BCUT2D eigenvalue weighted by Crippen LogP contribution is -2.30. The highest BCUT2D eigenvalue weighted by Gasteiger charge is 2.18. The molecule has 2 aromatic carbocycles. The molecule has 25 heavy (non-hydrogen) atoms. The minimum absolute atomic E-state index is 0.174. The van der Waals surface area contributed by atoms with Crippen LogP contribution in [0.15, 0.2) is 42.5 Å². The van der Waals surface area contributed by atoms with Gasteiger partial charge in [0.1, 0.15) is 5.75 Å². The van der Waals surface area contributed by atoms with E-state index in [-0.39, 0.29) is 12.7 Å². The van der Waals surface area contributed by atoms with Gasteiger partial charge in [0.05, 0.1) is 12.7 Å². The van der Waals surface area contributed by atoms with Crippen LogP contribution in [-0.4, -0.2) is 31.9 Å². The van der Waals surface area contributed by atoms with E-state index >= 15 is 0 Å². The van der Waals surface area contributed by atoms with E-state index in [9.17, 15) is 9.59 Å². The number of hydrogen-bond acceptors (Lipinski definition) is 6. The Hall–Kier alpha value is -3.22. The molecule has 1 heterocycles. The van der Waals surface area contributed by atoms with E-state index in [0.29, 0.717) is 28.5 Å². The van der Waals surface area contributed by atoms with Gasteiger partial charge in [0.15, 0.2) is 17.6 Å².